The number of rotatable bonds is 22. The Morgan fingerprint density at radius 2 is 0.679 bits per heavy atom. The third-order valence-electron chi connectivity index (χ3n) is 10.5. The number of fused-ring (bicyclic) bond motifs is 20. The van der Waals surface area contributed by atoms with E-state index < -0.39 is 30.1 Å². The second-order valence-electron chi connectivity index (χ2n) is 16.7. The minimum absolute atomic E-state index is 0. The minimum Gasteiger partial charge on any atom is -0.380 e. The van der Waals surface area contributed by atoms with E-state index in [0.717, 1.165) is 81.2 Å². The van der Waals surface area contributed by atoms with Crippen LogP contribution >= 0.6 is 12.0 Å². The molecule has 0 spiro atoms. The number of hydroxylamine groups is 1. The summed E-state index contributed by atoms with van der Waals surface area (Å²) in [6.07, 6.45) is 5.14. The molecule has 1 radical (unpaired) electrons. The molecule has 4 aromatic carbocycles. The van der Waals surface area contributed by atoms with Gasteiger partial charge < -0.3 is 48.9 Å². The van der Waals surface area contributed by atoms with Crippen LogP contribution in [0.5, 0.6) is 0 Å². The fourth-order valence-corrected chi connectivity index (χ4v) is 8.63. The van der Waals surface area contributed by atoms with Crippen molar-refractivity contribution in [1.29, 1.82) is 0 Å². The van der Waals surface area contributed by atoms with Crippen LogP contribution in [0.3, 0.4) is 0 Å². The average Bonchev–Trinajstić information content (AvgIpc) is 4.40. The van der Waals surface area contributed by atoms with Crippen LogP contribution in [0, 0.1) is 0 Å². The van der Waals surface area contributed by atoms with Crippen LogP contribution in [0.2, 0.25) is 0 Å². The first kappa shape index (κ1) is 68.1. The summed E-state index contributed by atoms with van der Waals surface area (Å²) < 4.78 is 93.7. The van der Waals surface area contributed by atoms with E-state index in [1.807, 2.05) is 125 Å². The van der Waals surface area contributed by atoms with Crippen molar-refractivity contribution in [2.75, 3.05) is 104 Å². The Morgan fingerprint density at radius 1 is 0.420 bits per heavy atom. The zero-order valence-corrected chi connectivity index (χ0v) is 50.3. The van der Waals surface area contributed by atoms with Crippen molar-refractivity contribution in [3.05, 3.63) is 97.1 Å². The van der Waals surface area contributed by atoms with Gasteiger partial charge in [0, 0.05) is 116 Å². The number of nitrogens with zero attached hydrogens (tertiary/aromatic N) is 8. The van der Waals surface area contributed by atoms with Gasteiger partial charge >= 0.3 is 17.1 Å². The summed E-state index contributed by atoms with van der Waals surface area (Å²) in [5.41, 5.74) is 8.33. The molecule has 0 amide bonds. The summed E-state index contributed by atoms with van der Waals surface area (Å²) >= 11 is 1.14. The Balaban J connectivity index is 0.000000282. The van der Waals surface area contributed by atoms with Crippen LogP contribution in [0.1, 0.15) is 27.7 Å². The quantitative estimate of drug-likeness (QED) is 0.0211. The van der Waals surface area contributed by atoms with Crippen LogP contribution in [-0.4, -0.2) is 159 Å². The Bertz CT molecular complexity index is 3180. The van der Waals surface area contributed by atoms with E-state index >= 15 is 0 Å². The molecular weight excluding hydrogens is 1180 g/mol. The Kier molecular flexibility index (Phi) is 29.3. The maximum atomic E-state index is 10.4. The van der Waals surface area contributed by atoms with Crippen LogP contribution < -0.4 is 29.6 Å². The molecule has 29 heteroatoms. The summed E-state index contributed by atoms with van der Waals surface area (Å²) in [4.78, 5) is 43.7. The van der Waals surface area contributed by atoms with Gasteiger partial charge in [0.2, 0.25) is 30.1 Å². The Morgan fingerprint density at radius 3 is 0.926 bits per heavy atom. The summed E-state index contributed by atoms with van der Waals surface area (Å²) in [5.74, 6) is 2.21. The second-order valence-corrected chi connectivity index (χ2v) is 22.6. The number of benzene rings is 4. The van der Waals surface area contributed by atoms with Crippen LogP contribution in [0.25, 0.3) is 89.7 Å². The molecule has 0 aliphatic carbocycles. The third-order valence-corrected chi connectivity index (χ3v) is 12.9. The molecule has 0 atom stereocenters. The molecule has 0 saturated heterocycles. The smallest absolute Gasteiger partial charge is 0.380 e. The van der Waals surface area contributed by atoms with E-state index in [0.29, 0.717) is 118 Å². The molecule has 8 bridgehead atoms. The molecule has 2 aliphatic heterocycles. The summed E-state index contributed by atoms with van der Waals surface area (Å²) in [5, 5.41) is 3.57. The number of aromatic nitrogens is 8. The molecule has 7 aromatic rings. The van der Waals surface area contributed by atoms with Gasteiger partial charge in [0.1, 0.15) is 0 Å². The van der Waals surface area contributed by atoms with Crippen LogP contribution in [0.15, 0.2) is 97.1 Å². The summed E-state index contributed by atoms with van der Waals surface area (Å²) in [6, 6.07) is 31.8. The van der Waals surface area contributed by atoms with Gasteiger partial charge in [-0.15, -0.1) is 9.32 Å². The first-order chi connectivity index (χ1) is 38.4. The number of hydrogen-bond donors (Lipinski definition) is 4. The predicted octanol–water partition coefficient (Wildman–Crippen LogP) is 5.59. The topological polar surface area (TPSA) is 311 Å². The molecule has 0 saturated carbocycles. The number of sulfonamides is 3. The first-order valence-corrected chi connectivity index (χ1v) is 32.0. The SMILES string of the molecule is CCOCCNOOSC.CCOCCNS(C)(=O)=O.CCOCCNS(C)(=O)=O.CCOCCNS(C)(=O)=O.[Cu+2].c1ccc2c(c1)-c1nc-2nc2[n-]c(nc3nc(nc4[n-]c(n1)c1ccccc41)-c1ccccc1-3)c1ccccc21. The van der Waals surface area contributed by atoms with Crippen LogP contribution in [0.4, 0.5) is 0 Å². The molecule has 4 N–H and O–H groups in total. The molecule has 0 fully saturated rings. The van der Waals surface area contributed by atoms with E-state index in [4.69, 9.17) is 58.8 Å². The predicted molar refractivity (Wildman–Crippen MR) is 312 cm³/mol. The Hall–Kier alpha value is -5.44. The van der Waals surface area contributed by atoms with Gasteiger partial charge in [-0.2, -0.15) is 5.48 Å². The number of nitrogens with one attached hydrogen (secondary N) is 4. The van der Waals surface area contributed by atoms with E-state index in [2.05, 4.69) is 29.0 Å². The molecule has 2 aliphatic rings. The maximum Gasteiger partial charge on any atom is 2.00 e. The van der Waals surface area contributed by atoms with Gasteiger partial charge in [-0.05, 0) is 49.2 Å². The van der Waals surface area contributed by atoms with Crippen molar-refractivity contribution in [3.63, 3.8) is 0 Å². The minimum atomic E-state index is -3.03. The fourth-order valence-electron chi connectivity index (χ4n) is 7.15. The fraction of sp³-hybridized carbons (Fsp3) is 0.385. The van der Waals surface area contributed by atoms with Gasteiger partial charge in [0.15, 0.2) is 0 Å². The van der Waals surface area contributed by atoms with Gasteiger partial charge in [-0.1, -0.05) is 97.1 Å². The zero-order valence-electron chi connectivity index (χ0n) is 46.1. The van der Waals surface area contributed by atoms with Crippen molar-refractivity contribution in [2.24, 2.45) is 0 Å². The monoisotopic (exact) mass is 1240 g/mol. The molecule has 81 heavy (non-hydrogen) atoms. The Labute approximate surface area is 487 Å². The molecule has 24 nitrogen and oxygen atoms in total. The van der Waals surface area contributed by atoms with E-state index in [-0.39, 0.29) is 17.1 Å². The van der Waals surface area contributed by atoms with Crippen molar-refractivity contribution in [1.82, 2.24) is 59.5 Å². The van der Waals surface area contributed by atoms with Crippen molar-refractivity contribution < 1.29 is 70.6 Å². The van der Waals surface area contributed by atoms with E-state index in [1.54, 1.807) is 6.26 Å². The van der Waals surface area contributed by atoms with Gasteiger partial charge in [0.05, 0.1) is 68.5 Å². The van der Waals surface area contributed by atoms with E-state index in [9.17, 15) is 25.3 Å². The number of hydrogen-bond acceptors (Lipinski definition) is 20. The maximum absolute atomic E-state index is 10.4. The zero-order chi connectivity index (χ0) is 58.0. The molecular formula is C52H68CuN12O12S4. The molecule has 0 unspecified atom stereocenters. The standard InChI is InChI=1S/C32H16N8.4C5H13NO3S.Cu/c1-2-10-18-17(9-1)25-33-26(18)38-28-21-13-5-6-14-22(21)30(35-28)40-32-24-16-8-7-15-23(24)31(36-32)39-29-20-12-4-3-11-19(20)27(34-29)37-25;3*1-3-9-5-4-6-10(2,7)8;1-3-7-5-4-6-8-9-10-2;/h1-16H;4*6H,3-5H2,1-2H3;/q-2;;;;;+2. The average molecular weight is 1250 g/mol. The second kappa shape index (κ2) is 34.9. The molecule has 443 valence electrons. The third kappa shape index (κ3) is 23.0. The molecule has 5 heterocycles. The van der Waals surface area contributed by atoms with E-state index in [1.165, 1.54) is 0 Å². The molecule has 3 aromatic heterocycles. The summed E-state index contributed by atoms with van der Waals surface area (Å²) in [6.45, 7) is 13.7. The van der Waals surface area contributed by atoms with Gasteiger partial charge in [-0.3, -0.25) is 0 Å². The molecule has 9 rings (SSSR count). The number of ether oxygens (including phenoxy) is 4. The van der Waals surface area contributed by atoms with Gasteiger partial charge in [0.25, 0.3) is 0 Å². The normalized spacial score (nSPS) is 11.6. The van der Waals surface area contributed by atoms with Crippen LogP contribution in [-0.2, 0) is 75.4 Å². The van der Waals surface area contributed by atoms with Crippen molar-refractivity contribution >= 4 is 86.2 Å². The van der Waals surface area contributed by atoms with Gasteiger partial charge in [-0.25, -0.2) is 49.4 Å². The first-order valence-electron chi connectivity index (χ1n) is 25.2. The largest absolute Gasteiger partial charge is 2.00 e. The summed E-state index contributed by atoms with van der Waals surface area (Å²) in [7, 11) is -9.10. The van der Waals surface area contributed by atoms with Crippen molar-refractivity contribution in [3.8, 4) is 45.6 Å². The van der Waals surface area contributed by atoms with Crippen molar-refractivity contribution in [2.45, 2.75) is 27.7 Å².